The first-order valence-electron chi connectivity index (χ1n) is 8.40. The Morgan fingerprint density at radius 2 is 1.81 bits per heavy atom. The summed E-state index contributed by atoms with van der Waals surface area (Å²) < 4.78 is 0. The van der Waals surface area contributed by atoms with E-state index in [2.05, 4.69) is 4.98 Å². The molecule has 2 aromatic rings. The summed E-state index contributed by atoms with van der Waals surface area (Å²) in [5, 5.41) is 10.8. The molecule has 0 unspecified atom stereocenters. The number of amides is 1. The van der Waals surface area contributed by atoms with Gasteiger partial charge in [-0.15, -0.1) is 0 Å². The number of aliphatic hydroxyl groups is 1. The second-order valence-corrected chi connectivity index (χ2v) is 6.42. The number of likely N-dealkylation sites (tertiary alicyclic amines) is 1. The first-order valence-corrected chi connectivity index (χ1v) is 8.40. The molecule has 1 N–H and O–H groups in total. The Morgan fingerprint density at radius 3 is 2.42 bits per heavy atom. The summed E-state index contributed by atoms with van der Waals surface area (Å²) in [4.78, 5) is 33.1. The average Bonchev–Trinajstić information content (AvgIpc) is 2.91. The summed E-state index contributed by atoms with van der Waals surface area (Å²) in [6.45, 7) is 0.964. The SMILES string of the molecule is CN(C)CCN1C(=O)C(=O)/C(=C(/O)c2ccccc2)[C@H]1c1ccccn1. The van der Waals surface area contributed by atoms with Crippen LogP contribution in [0.25, 0.3) is 5.76 Å². The Balaban J connectivity index is 2.12. The summed E-state index contributed by atoms with van der Waals surface area (Å²) in [5.41, 5.74) is 1.14. The van der Waals surface area contributed by atoms with E-state index in [1.807, 2.05) is 25.1 Å². The highest BCUT2D eigenvalue weighted by Crippen LogP contribution is 2.38. The second kappa shape index (κ2) is 7.49. The molecule has 1 aliphatic rings. The third-order valence-electron chi connectivity index (χ3n) is 4.34. The first-order chi connectivity index (χ1) is 12.5. The number of carbonyl (C=O) groups is 2. The van der Waals surface area contributed by atoms with Crippen molar-refractivity contribution < 1.29 is 14.7 Å². The topological polar surface area (TPSA) is 73.7 Å². The second-order valence-electron chi connectivity index (χ2n) is 6.42. The van der Waals surface area contributed by atoms with Crippen molar-refractivity contribution in [3.63, 3.8) is 0 Å². The Kier molecular flexibility index (Phi) is 5.14. The molecule has 2 heterocycles. The highest BCUT2D eigenvalue weighted by Gasteiger charge is 2.46. The molecule has 1 fully saturated rings. The van der Waals surface area contributed by atoms with Gasteiger partial charge in [0.05, 0.1) is 11.3 Å². The Bertz CT molecular complexity index is 832. The quantitative estimate of drug-likeness (QED) is 0.507. The predicted octanol–water partition coefficient (Wildman–Crippen LogP) is 2.06. The molecule has 6 nitrogen and oxygen atoms in total. The van der Waals surface area contributed by atoms with E-state index in [0.717, 1.165) is 0 Å². The standard InChI is InChI=1S/C20H21N3O3/c1-22(2)12-13-23-17(15-10-6-7-11-21-15)16(19(25)20(23)26)18(24)14-8-4-3-5-9-14/h3-11,17,24H,12-13H2,1-2H3/b18-16+/t17-/m1/s1. The minimum Gasteiger partial charge on any atom is -0.507 e. The van der Waals surface area contributed by atoms with E-state index < -0.39 is 17.7 Å². The van der Waals surface area contributed by atoms with E-state index in [9.17, 15) is 14.7 Å². The van der Waals surface area contributed by atoms with E-state index in [1.54, 1.807) is 48.7 Å². The van der Waals surface area contributed by atoms with Crippen molar-refractivity contribution in [3.8, 4) is 0 Å². The zero-order chi connectivity index (χ0) is 18.7. The van der Waals surface area contributed by atoms with Crippen molar-refractivity contribution >= 4 is 17.4 Å². The lowest BCUT2D eigenvalue weighted by molar-refractivity contribution is -0.140. The Hall–Kier alpha value is -2.99. The van der Waals surface area contributed by atoms with Crippen LogP contribution in [0.15, 0.2) is 60.3 Å². The molecule has 26 heavy (non-hydrogen) atoms. The van der Waals surface area contributed by atoms with Gasteiger partial charge in [-0.25, -0.2) is 0 Å². The van der Waals surface area contributed by atoms with Gasteiger partial charge in [0, 0.05) is 24.8 Å². The molecule has 0 saturated carbocycles. The third kappa shape index (κ3) is 3.36. The molecule has 6 heteroatoms. The van der Waals surface area contributed by atoms with Gasteiger partial charge >= 0.3 is 0 Å². The molecule has 134 valence electrons. The molecule has 0 bridgehead atoms. The molecule has 3 rings (SSSR count). The zero-order valence-electron chi connectivity index (χ0n) is 14.8. The van der Waals surface area contributed by atoms with Crippen LogP contribution in [-0.4, -0.2) is 58.8 Å². The van der Waals surface area contributed by atoms with Crippen LogP contribution in [0.2, 0.25) is 0 Å². The first kappa shape index (κ1) is 17.8. The van der Waals surface area contributed by atoms with Crippen molar-refractivity contribution in [2.45, 2.75) is 6.04 Å². The zero-order valence-corrected chi connectivity index (χ0v) is 14.8. The van der Waals surface area contributed by atoms with Gasteiger partial charge in [-0.05, 0) is 26.2 Å². The van der Waals surface area contributed by atoms with Crippen molar-refractivity contribution in [1.29, 1.82) is 0 Å². The number of aromatic nitrogens is 1. The van der Waals surface area contributed by atoms with Gasteiger partial charge in [0.1, 0.15) is 11.8 Å². The maximum Gasteiger partial charge on any atom is 0.295 e. The lowest BCUT2D eigenvalue weighted by Gasteiger charge is -2.25. The van der Waals surface area contributed by atoms with Crippen LogP contribution in [0.5, 0.6) is 0 Å². The molecular formula is C20H21N3O3. The number of hydrogen-bond acceptors (Lipinski definition) is 5. The fourth-order valence-corrected chi connectivity index (χ4v) is 3.02. The molecule has 1 amide bonds. The number of rotatable bonds is 5. The number of hydrogen-bond donors (Lipinski definition) is 1. The number of aliphatic hydroxyl groups excluding tert-OH is 1. The maximum atomic E-state index is 12.7. The highest BCUT2D eigenvalue weighted by molar-refractivity contribution is 6.46. The van der Waals surface area contributed by atoms with E-state index in [4.69, 9.17) is 0 Å². The molecule has 0 radical (unpaired) electrons. The third-order valence-corrected chi connectivity index (χ3v) is 4.34. The van der Waals surface area contributed by atoms with Crippen molar-refractivity contribution in [1.82, 2.24) is 14.8 Å². The molecule has 1 aliphatic heterocycles. The highest BCUT2D eigenvalue weighted by atomic mass is 16.3. The Morgan fingerprint density at radius 1 is 1.12 bits per heavy atom. The number of carbonyl (C=O) groups excluding carboxylic acids is 2. The molecule has 1 atom stereocenters. The molecule has 1 aromatic heterocycles. The number of pyridine rings is 1. The predicted molar refractivity (Wildman–Crippen MR) is 98.2 cm³/mol. The van der Waals surface area contributed by atoms with Gasteiger partial charge < -0.3 is 14.9 Å². The van der Waals surface area contributed by atoms with Crippen LogP contribution in [0.4, 0.5) is 0 Å². The largest absolute Gasteiger partial charge is 0.507 e. The van der Waals surface area contributed by atoms with Gasteiger partial charge in [0.25, 0.3) is 11.7 Å². The smallest absolute Gasteiger partial charge is 0.295 e. The minimum absolute atomic E-state index is 0.0821. The minimum atomic E-state index is -0.698. The summed E-state index contributed by atoms with van der Waals surface area (Å²) in [6, 6.07) is 13.4. The van der Waals surface area contributed by atoms with Crippen molar-refractivity contribution in [3.05, 3.63) is 71.6 Å². The van der Waals surface area contributed by atoms with Crippen molar-refractivity contribution in [2.75, 3.05) is 27.2 Å². The number of benzene rings is 1. The fourth-order valence-electron chi connectivity index (χ4n) is 3.02. The molecule has 0 aliphatic carbocycles. The van der Waals surface area contributed by atoms with E-state index >= 15 is 0 Å². The molecule has 0 spiro atoms. The summed E-state index contributed by atoms with van der Waals surface area (Å²) >= 11 is 0. The number of Topliss-reactive ketones (excluding diaryl/α,β-unsaturated/α-hetero) is 1. The number of likely N-dealkylation sites (N-methyl/N-ethyl adjacent to an activating group) is 1. The molecule has 1 aromatic carbocycles. The monoisotopic (exact) mass is 351 g/mol. The van der Waals surface area contributed by atoms with E-state index in [1.165, 1.54) is 4.90 Å². The van der Waals surface area contributed by atoms with Gasteiger partial charge in [0.15, 0.2) is 0 Å². The lowest BCUT2D eigenvalue weighted by Crippen LogP contribution is -2.35. The van der Waals surface area contributed by atoms with E-state index in [0.29, 0.717) is 24.3 Å². The van der Waals surface area contributed by atoms with Crippen molar-refractivity contribution in [2.24, 2.45) is 0 Å². The number of ketones is 1. The van der Waals surface area contributed by atoms with Crippen LogP contribution in [0.3, 0.4) is 0 Å². The van der Waals surface area contributed by atoms with Gasteiger partial charge in [-0.2, -0.15) is 0 Å². The molecular weight excluding hydrogens is 330 g/mol. The average molecular weight is 351 g/mol. The fraction of sp³-hybridized carbons (Fsp3) is 0.250. The summed E-state index contributed by atoms with van der Waals surface area (Å²) in [5.74, 6) is -1.47. The van der Waals surface area contributed by atoms with Crippen LogP contribution < -0.4 is 0 Å². The van der Waals surface area contributed by atoms with Crippen LogP contribution >= 0.6 is 0 Å². The van der Waals surface area contributed by atoms with E-state index in [-0.39, 0.29) is 11.3 Å². The number of nitrogens with zero attached hydrogens (tertiary/aromatic N) is 3. The lowest BCUT2D eigenvalue weighted by atomic mass is 9.98. The normalized spacial score (nSPS) is 19.3. The van der Waals surface area contributed by atoms with Gasteiger partial charge in [-0.3, -0.25) is 14.6 Å². The Labute approximate surface area is 152 Å². The van der Waals surface area contributed by atoms with Crippen LogP contribution in [-0.2, 0) is 9.59 Å². The van der Waals surface area contributed by atoms with Gasteiger partial charge in [0.2, 0.25) is 0 Å². The summed E-state index contributed by atoms with van der Waals surface area (Å²) in [7, 11) is 3.80. The van der Waals surface area contributed by atoms with Gasteiger partial charge in [-0.1, -0.05) is 36.4 Å². The van der Waals surface area contributed by atoms with Crippen LogP contribution in [0.1, 0.15) is 17.3 Å². The maximum absolute atomic E-state index is 12.7. The summed E-state index contributed by atoms with van der Waals surface area (Å²) in [6.07, 6.45) is 1.61. The molecule has 1 saturated heterocycles. The van der Waals surface area contributed by atoms with Crippen LogP contribution in [0, 0.1) is 0 Å².